The molecule has 1 amide bonds. The monoisotopic (exact) mass is 215 g/mol. The van der Waals surface area contributed by atoms with Gasteiger partial charge < -0.3 is 15.8 Å². The highest BCUT2D eigenvalue weighted by molar-refractivity contribution is 5.83. The van der Waals surface area contributed by atoms with Gasteiger partial charge in [-0.05, 0) is 6.42 Å². The highest BCUT2D eigenvalue weighted by Crippen LogP contribution is 2.22. The average Bonchev–Trinajstić information content (AvgIpc) is 2.23. The van der Waals surface area contributed by atoms with Crippen molar-refractivity contribution in [3.63, 3.8) is 0 Å². The van der Waals surface area contributed by atoms with Gasteiger partial charge in [-0.1, -0.05) is 25.9 Å². The fourth-order valence-corrected chi connectivity index (χ4v) is 1.10. The van der Waals surface area contributed by atoms with Gasteiger partial charge in [-0.2, -0.15) is 0 Å². The molecule has 0 unspecified atom stereocenters. The minimum absolute atomic E-state index is 0.0794. The van der Waals surface area contributed by atoms with Crippen molar-refractivity contribution in [2.24, 2.45) is 16.3 Å². The molecule has 5 nitrogen and oxygen atoms in total. The molecule has 0 aliphatic rings. The Morgan fingerprint density at radius 3 is 2.47 bits per heavy atom. The summed E-state index contributed by atoms with van der Waals surface area (Å²) in [6.45, 7) is 6.28. The second kappa shape index (κ2) is 5.58. The number of hydrogen-bond donors (Lipinski definition) is 2. The Morgan fingerprint density at radius 2 is 2.07 bits per heavy atom. The lowest BCUT2D eigenvalue weighted by molar-refractivity contribution is -0.139. The third kappa shape index (κ3) is 4.18. The molecule has 0 aliphatic heterocycles. The van der Waals surface area contributed by atoms with E-state index >= 15 is 0 Å². The number of nitrogens with zero attached hydrogens (tertiary/aromatic N) is 2. The molecule has 0 spiro atoms. The molecule has 0 saturated heterocycles. The third-order valence-electron chi connectivity index (χ3n) is 2.64. The number of oxime groups is 1. The van der Waals surface area contributed by atoms with E-state index in [1.807, 2.05) is 20.8 Å². The molecule has 0 aliphatic carbocycles. The molecule has 0 fully saturated rings. The number of nitrogens with two attached hydrogens (primary N) is 1. The van der Waals surface area contributed by atoms with Gasteiger partial charge in [-0.15, -0.1) is 0 Å². The standard InChI is InChI=1S/C10H21N3O2/c1-5-10(2,3)9(14)13(4)7-6-8(11)12-15/h15H,5-7H2,1-4H3,(H2,11,12). The summed E-state index contributed by atoms with van der Waals surface area (Å²) in [5.41, 5.74) is 4.98. The normalized spacial score (nSPS) is 12.7. The van der Waals surface area contributed by atoms with Crippen molar-refractivity contribution >= 4 is 11.7 Å². The molecule has 5 heteroatoms. The van der Waals surface area contributed by atoms with E-state index in [9.17, 15) is 4.79 Å². The lowest BCUT2D eigenvalue weighted by Gasteiger charge is -2.28. The zero-order valence-corrected chi connectivity index (χ0v) is 9.95. The van der Waals surface area contributed by atoms with Gasteiger partial charge in [0.15, 0.2) is 0 Å². The average molecular weight is 215 g/mol. The summed E-state index contributed by atoms with van der Waals surface area (Å²) in [7, 11) is 1.73. The number of rotatable bonds is 5. The SMILES string of the molecule is CCC(C)(C)C(=O)N(C)CCC(N)=NO. The van der Waals surface area contributed by atoms with E-state index < -0.39 is 0 Å². The van der Waals surface area contributed by atoms with Crippen LogP contribution in [0.4, 0.5) is 0 Å². The number of carbonyl (C=O) groups excluding carboxylic acids is 1. The lowest BCUT2D eigenvalue weighted by Crippen LogP contribution is -2.39. The Labute approximate surface area is 90.9 Å². The van der Waals surface area contributed by atoms with Gasteiger partial charge in [0.2, 0.25) is 5.91 Å². The Bertz CT molecular complexity index is 249. The molecule has 0 heterocycles. The first kappa shape index (κ1) is 13.7. The van der Waals surface area contributed by atoms with Crippen molar-refractivity contribution in [1.82, 2.24) is 4.90 Å². The molecule has 0 atom stereocenters. The van der Waals surface area contributed by atoms with Crippen LogP contribution in [0.1, 0.15) is 33.6 Å². The largest absolute Gasteiger partial charge is 0.409 e. The van der Waals surface area contributed by atoms with Gasteiger partial charge in [-0.25, -0.2) is 0 Å². The van der Waals surface area contributed by atoms with Crippen molar-refractivity contribution in [2.75, 3.05) is 13.6 Å². The van der Waals surface area contributed by atoms with Crippen LogP contribution in [0.25, 0.3) is 0 Å². The molecule has 0 rings (SSSR count). The molecule has 0 saturated carbocycles. The third-order valence-corrected chi connectivity index (χ3v) is 2.64. The van der Waals surface area contributed by atoms with E-state index in [-0.39, 0.29) is 17.2 Å². The van der Waals surface area contributed by atoms with Crippen molar-refractivity contribution in [3.8, 4) is 0 Å². The summed E-state index contributed by atoms with van der Waals surface area (Å²) in [6.07, 6.45) is 1.18. The van der Waals surface area contributed by atoms with Crippen LogP contribution in [-0.4, -0.2) is 35.4 Å². The Hall–Kier alpha value is -1.26. The summed E-state index contributed by atoms with van der Waals surface area (Å²) >= 11 is 0. The van der Waals surface area contributed by atoms with E-state index in [0.717, 1.165) is 6.42 Å². The van der Waals surface area contributed by atoms with E-state index in [4.69, 9.17) is 10.9 Å². The number of hydrogen-bond acceptors (Lipinski definition) is 3. The molecular formula is C10H21N3O2. The van der Waals surface area contributed by atoms with Gasteiger partial charge in [0.05, 0.1) is 0 Å². The summed E-state index contributed by atoms with van der Waals surface area (Å²) in [5.74, 6) is 0.222. The predicted octanol–water partition coefficient (Wildman–Crippen LogP) is 1.02. The highest BCUT2D eigenvalue weighted by atomic mass is 16.4. The van der Waals surface area contributed by atoms with E-state index in [2.05, 4.69) is 5.16 Å². The first-order valence-corrected chi connectivity index (χ1v) is 5.07. The van der Waals surface area contributed by atoms with Crippen LogP contribution in [0.15, 0.2) is 5.16 Å². The Morgan fingerprint density at radius 1 is 1.53 bits per heavy atom. The minimum Gasteiger partial charge on any atom is -0.409 e. The molecule has 0 aromatic rings. The fourth-order valence-electron chi connectivity index (χ4n) is 1.10. The maximum absolute atomic E-state index is 11.9. The summed E-state index contributed by atoms with van der Waals surface area (Å²) < 4.78 is 0. The Balaban J connectivity index is 4.23. The van der Waals surface area contributed by atoms with E-state index in [1.165, 1.54) is 0 Å². The van der Waals surface area contributed by atoms with Crippen LogP contribution in [0.2, 0.25) is 0 Å². The second-order valence-electron chi connectivity index (χ2n) is 4.31. The molecule has 15 heavy (non-hydrogen) atoms. The second-order valence-corrected chi connectivity index (χ2v) is 4.31. The molecular weight excluding hydrogens is 194 g/mol. The predicted molar refractivity (Wildman–Crippen MR) is 59.7 cm³/mol. The topological polar surface area (TPSA) is 78.9 Å². The van der Waals surface area contributed by atoms with Crippen molar-refractivity contribution in [1.29, 1.82) is 0 Å². The van der Waals surface area contributed by atoms with Crippen LogP contribution in [0, 0.1) is 5.41 Å². The molecule has 0 bridgehead atoms. The van der Waals surface area contributed by atoms with Gasteiger partial charge >= 0.3 is 0 Å². The zero-order valence-electron chi connectivity index (χ0n) is 9.95. The molecule has 0 aromatic heterocycles. The lowest BCUT2D eigenvalue weighted by atomic mass is 9.88. The summed E-state index contributed by atoms with van der Waals surface area (Å²) in [5, 5.41) is 11.2. The fraction of sp³-hybridized carbons (Fsp3) is 0.800. The van der Waals surface area contributed by atoms with E-state index in [1.54, 1.807) is 11.9 Å². The minimum atomic E-state index is -0.347. The van der Waals surface area contributed by atoms with Gasteiger partial charge in [-0.3, -0.25) is 4.79 Å². The van der Waals surface area contributed by atoms with Crippen LogP contribution >= 0.6 is 0 Å². The van der Waals surface area contributed by atoms with Crippen molar-refractivity contribution in [2.45, 2.75) is 33.6 Å². The van der Waals surface area contributed by atoms with Gasteiger partial charge in [0, 0.05) is 25.4 Å². The van der Waals surface area contributed by atoms with Crippen molar-refractivity contribution in [3.05, 3.63) is 0 Å². The molecule has 88 valence electrons. The van der Waals surface area contributed by atoms with Crippen LogP contribution in [0.5, 0.6) is 0 Å². The van der Waals surface area contributed by atoms with Crippen LogP contribution < -0.4 is 5.73 Å². The maximum Gasteiger partial charge on any atom is 0.227 e. The number of amidine groups is 1. The smallest absolute Gasteiger partial charge is 0.227 e. The summed E-state index contributed by atoms with van der Waals surface area (Å²) in [6, 6.07) is 0. The highest BCUT2D eigenvalue weighted by Gasteiger charge is 2.28. The van der Waals surface area contributed by atoms with Gasteiger partial charge in [0.1, 0.15) is 5.84 Å². The maximum atomic E-state index is 11.9. The Kier molecular flexibility index (Phi) is 5.11. The number of amides is 1. The van der Waals surface area contributed by atoms with Crippen molar-refractivity contribution < 1.29 is 10.0 Å². The zero-order chi connectivity index (χ0) is 12.1. The molecule has 0 radical (unpaired) electrons. The van der Waals surface area contributed by atoms with Gasteiger partial charge in [0.25, 0.3) is 0 Å². The summed E-state index contributed by atoms with van der Waals surface area (Å²) in [4.78, 5) is 13.5. The molecule has 0 aromatic carbocycles. The molecule has 3 N–H and O–H groups in total. The number of carbonyl (C=O) groups is 1. The first-order chi connectivity index (χ1) is 6.85. The first-order valence-electron chi connectivity index (χ1n) is 5.07. The van der Waals surface area contributed by atoms with Crippen LogP contribution in [-0.2, 0) is 4.79 Å². The quantitative estimate of drug-likeness (QED) is 0.311. The van der Waals surface area contributed by atoms with Crippen LogP contribution in [0.3, 0.4) is 0 Å². The van der Waals surface area contributed by atoms with E-state index in [0.29, 0.717) is 13.0 Å².